The maximum atomic E-state index is 14.6. The third-order valence-electron chi connectivity index (χ3n) is 5.21. The van der Waals surface area contributed by atoms with E-state index in [1.165, 1.54) is 0 Å². The number of benzene rings is 2. The highest BCUT2D eigenvalue weighted by atomic mass is 19.1. The molecule has 0 aliphatic carbocycles. The molecule has 5 heteroatoms. The van der Waals surface area contributed by atoms with Crippen LogP contribution in [0.15, 0.2) is 48.7 Å². The average molecular weight is 361 g/mol. The normalized spacial score (nSPS) is 13.3. The number of hydrogen-bond acceptors (Lipinski definition) is 2. The third kappa shape index (κ3) is 2.53. The van der Waals surface area contributed by atoms with E-state index < -0.39 is 11.6 Å². The molecule has 0 spiro atoms. The summed E-state index contributed by atoms with van der Waals surface area (Å²) in [6.07, 6.45) is 3.65. The van der Waals surface area contributed by atoms with Gasteiger partial charge in [0, 0.05) is 41.7 Å². The quantitative estimate of drug-likeness (QED) is 0.485. The number of nitrogens with zero attached hydrogens (tertiary/aromatic N) is 3. The van der Waals surface area contributed by atoms with Crippen LogP contribution in [0.3, 0.4) is 0 Å². The Morgan fingerprint density at radius 3 is 2.81 bits per heavy atom. The lowest BCUT2D eigenvalue weighted by atomic mass is 10.0. The number of imidazole rings is 1. The van der Waals surface area contributed by atoms with Crippen LogP contribution in [-0.2, 0) is 13.0 Å². The molecule has 2 aromatic heterocycles. The van der Waals surface area contributed by atoms with Crippen LogP contribution >= 0.6 is 0 Å². The Labute approximate surface area is 155 Å². The number of aryl methyl sites for hydroxylation is 2. The lowest BCUT2D eigenvalue weighted by molar-refractivity contribution is 0.579. The second-order valence-corrected chi connectivity index (χ2v) is 6.97. The van der Waals surface area contributed by atoms with Crippen molar-refractivity contribution in [3.63, 3.8) is 0 Å². The summed E-state index contributed by atoms with van der Waals surface area (Å²) in [6, 6.07) is 12.4. The SMILES string of the molecule is Cc1cc(-c2nc3n(c2-c2ccc4ncccc4c2)CCC3)c(F)cc1F. The molecule has 0 saturated heterocycles. The molecule has 0 amide bonds. The molecule has 0 bridgehead atoms. The van der Waals surface area contributed by atoms with E-state index in [-0.39, 0.29) is 0 Å². The second-order valence-electron chi connectivity index (χ2n) is 6.97. The number of pyridine rings is 1. The summed E-state index contributed by atoms with van der Waals surface area (Å²) in [5, 5.41) is 1.02. The Hall–Kier alpha value is -3.08. The summed E-state index contributed by atoms with van der Waals surface area (Å²) in [5.41, 5.74) is 4.09. The number of rotatable bonds is 2. The molecule has 134 valence electrons. The van der Waals surface area contributed by atoms with Gasteiger partial charge < -0.3 is 4.57 Å². The highest BCUT2D eigenvalue weighted by Crippen LogP contribution is 2.38. The van der Waals surface area contributed by atoms with Gasteiger partial charge in [-0.3, -0.25) is 4.98 Å². The molecular formula is C22H17F2N3. The van der Waals surface area contributed by atoms with Crippen molar-refractivity contribution < 1.29 is 8.78 Å². The topological polar surface area (TPSA) is 30.7 Å². The van der Waals surface area contributed by atoms with Crippen LogP contribution in [-0.4, -0.2) is 14.5 Å². The van der Waals surface area contributed by atoms with Gasteiger partial charge in [-0.05, 0) is 43.2 Å². The van der Waals surface area contributed by atoms with E-state index in [9.17, 15) is 8.78 Å². The zero-order valence-electron chi connectivity index (χ0n) is 14.8. The molecule has 4 aromatic rings. The van der Waals surface area contributed by atoms with Crippen LogP contribution < -0.4 is 0 Å². The maximum Gasteiger partial charge on any atom is 0.135 e. The molecule has 3 nitrogen and oxygen atoms in total. The van der Waals surface area contributed by atoms with E-state index in [4.69, 9.17) is 4.98 Å². The van der Waals surface area contributed by atoms with E-state index in [0.717, 1.165) is 53.4 Å². The summed E-state index contributed by atoms with van der Waals surface area (Å²) in [4.78, 5) is 9.10. The Morgan fingerprint density at radius 2 is 1.93 bits per heavy atom. The summed E-state index contributed by atoms with van der Waals surface area (Å²) in [6.45, 7) is 2.49. The minimum atomic E-state index is -0.585. The van der Waals surface area contributed by atoms with Gasteiger partial charge in [0.2, 0.25) is 0 Å². The Bertz CT molecular complexity index is 1190. The van der Waals surface area contributed by atoms with E-state index in [2.05, 4.69) is 15.6 Å². The first-order valence-corrected chi connectivity index (χ1v) is 9.02. The summed E-state index contributed by atoms with van der Waals surface area (Å²) >= 11 is 0. The largest absolute Gasteiger partial charge is 0.327 e. The van der Waals surface area contributed by atoms with Gasteiger partial charge in [-0.25, -0.2) is 13.8 Å². The molecular weight excluding hydrogens is 344 g/mol. The van der Waals surface area contributed by atoms with Gasteiger partial charge in [0.15, 0.2) is 0 Å². The molecule has 27 heavy (non-hydrogen) atoms. The first-order chi connectivity index (χ1) is 13.1. The first-order valence-electron chi connectivity index (χ1n) is 9.02. The van der Waals surface area contributed by atoms with Crippen LogP contribution in [0.25, 0.3) is 33.4 Å². The summed E-state index contributed by atoms with van der Waals surface area (Å²) in [7, 11) is 0. The maximum absolute atomic E-state index is 14.6. The number of halogens is 2. The fourth-order valence-corrected chi connectivity index (χ4v) is 3.87. The lowest BCUT2D eigenvalue weighted by Crippen LogP contribution is -1.98. The standard InChI is InChI=1S/C22H17F2N3/c1-13-10-16(18(24)12-17(13)23)21-22(27-9-3-5-20(27)26-21)15-6-7-19-14(11-15)4-2-8-25-19/h2,4,6-8,10-12H,3,5,9H2,1H3. The monoisotopic (exact) mass is 361 g/mol. The molecule has 5 rings (SSSR count). The Balaban J connectivity index is 1.78. The average Bonchev–Trinajstić information content (AvgIpc) is 3.25. The number of fused-ring (bicyclic) bond motifs is 2. The van der Waals surface area contributed by atoms with E-state index in [1.807, 2.05) is 24.3 Å². The predicted molar refractivity (Wildman–Crippen MR) is 101 cm³/mol. The van der Waals surface area contributed by atoms with Crippen LogP contribution in [0.4, 0.5) is 8.78 Å². The lowest BCUT2D eigenvalue weighted by Gasteiger charge is -2.11. The van der Waals surface area contributed by atoms with Crippen molar-refractivity contribution >= 4 is 10.9 Å². The van der Waals surface area contributed by atoms with Crippen molar-refractivity contribution in [3.8, 4) is 22.5 Å². The van der Waals surface area contributed by atoms with Crippen LogP contribution in [0, 0.1) is 18.6 Å². The molecule has 0 saturated carbocycles. The van der Waals surface area contributed by atoms with Crippen molar-refractivity contribution in [2.45, 2.75) is 26.3 Å². The first kappa shape index (κ1) is 16.1. The van der Waals surface area contributed by atoms with Gasteiger partial charge in [-0.2, -0.15) is 0 Å². The molecule has 0 atom stereocenters. The van der Waals surface area contributed by atoms with Gasteiger partial charge in [0.1, 0.15) is 17.5 Å². The molecule has 1 aliphatic heterocycles. The smallest absolute Gasteiger partial charge is 0.135 e. The summed E-state index contributed by atoms with van der Waals surface area (Å²) < 4.78 is 30.5. The van der Waals surface area contributed by atoms with E-state index >= 15 is 0 Å². The third-order valence-corrected chi connectivity index (χ3v) is 5.21. The van der Waals surface area contributed by atoms with Crippen molar-refractivity contribution in [2.24, 2.45) is 0 Å². The zero-order chi connectivity index (χ0) is 18.5. The highest BCUT2D eigenvalue weighted by Gasteiger charge is 2.25. The molecule has 0 radical (unpaired) electrons. The van der Waals surface area contributed by atoms with Crippen LogP contribution in [0.1, 0.15) is 17.8 Å². The fourth-order valence-electron chi connectivity index (χ4n) is 3.87. The van der Waals surface area contributed by atoms with Crippen molar-refractivity contribution in [1.29, 1.82) is 0 Å². The van der Waals surface area contributed by atoms with Crippen molar-refractivity contribution in [3.05, 3.63) is 71.7 Å². The highest BCUT2D eigenvalue weighted by molar-refractivity contribution is 5.87. The minimum Gasteiger partial charge on any atom is -0.327 e. The van der Waals surface area contributed by atoms with Gasteiger partial charge in [-0.1, -0.05) is 12.1 Å². The molecule has 0 N–H and O–H groups in total. The molecule has 0 unspecified atom stereocenters. The van der Waals surface area contributed by atoms with Gasteiger partial charge in [0.25, 0.3) is 0 Å². The van der Waals surface area contributed by atoms with Gasteiger partial charge in [0.05, 0.1) is 16.9 Å². The van der Waals surface area contributed by atoms with Crippen LogP contribution in [0.5, 0.6) is 0 Å². The molecule has 3 heterocycles. The van der Waals surface area contributed by atoms with Crippen LogP contribution in [0.2, 0.25) is 0 Å². The minimum absolute atomic E-state index is 0.345. The van der Waals surface area contributed by atoms with E-state index in [1.54, 1.807) is 19.2 Å². The molecule has 0 fully saturated rings. The fraction of sp³-hybridized carbons (Fsp3) is 0.182. The van der Waals surface area contributed by atoms with E-state index in [0.29, 0.717) is 16.8 Å². The zero-order valence-corrected chi connectivity index (χ0v) is 14.8. The van der Waals surface area contributed by atoms with Crippen molar-refractivity contribution in [1.82, 2.24) is 14.5 Å². The Morgan fingerprint density at radius 1 is 1.04 bits per heavy atom. The summed E-state index contributed by atoms with van der Waals surface area (Å²) in [5.74, 6) is -0.174. The van der Waals surface area contributed by atoms with Crippen molar-refractivity contribution in [2.75, 3.05) is 0 Å². The predicted octanol–water partition coefficient (Wildman–Crippen LogP) is 5.30. The Kier molecular flexibility index (Phi) is 3.57. The number of aromatic nitrogens is 3. The molecule has 1 aliphatic rings. The van der Waals surface area contributed by atoms with Gasteiger partial charge in [-0.15, -0.1) is 0 Å². The second kappa shape index (κ2) is 5.98. The number of hydrogen-bond donors (Lipinski definition) is 0. The van der Waals surface area contributed by atoms with Gasteiger partial charge >= 0.3 is 0 Å². The molecule has 2 aromatic carbocycles.